The molecular formula is C21H21ClN2O4. The lowest BCUT2D eigenvalue weighted by Crippen LogP contribution is -2.38. The Kier molecular flexibility index (Phi) is 5.90. The van der Waals surface area contributed by atoms with Crippen LogP contribution in [0.15, 0.2) is 46.9 Å². The van der Waals surface area contributed by atoms with Crippen molar-refractivity contribution in [3.05, 3.63) is 58.8 Å². The number of hydrogen-bond acceptors (Lipinski definition) is 4. The topological polar surface area (TPSA) is 71.8 Å². The fourth-order valence-electron chi connectivity index (χ4n) is 2.96. The fraction of sp³-hybridized carbons (Fsp3) is 0.238. The van der Waals surface area contributed by atoms with Crippen LogP contribution >= 0.6 is 11.6 Å². The highest BCUT2D eigenvalue weighted by atomic mass is 35.5. The Bertz CT molecular complexity index is 1030. The number of para-hydroxylation sites is 1. The summed E-state index contributed by atoms with van der Waals surface area (Å²) in [5.41, 5.74) is 1.77. The molecule has 0 aliphatic rings. The number of amides is 2. The number of fused-ring (bicyclic) bond motifs is 1. The van der Waals surface area contributed by atoms with Crippen LogP contribution in [0.4, 0.5) is 5.69 Å². The first-order valence-corrected chi connectivity index (χ1v) is 9.23. The van der Waals surface area contributed by atoms with Crippen molar-refractivity contribution in [3.63, 3.8) is 0 Å². The van der Waals surface area contributed by atoms with E-state index in [2.05, 4.69) is 5.32 Å². The number of hydrogen-bond donors (Lipinski definition) is 1. The monoisotopic (exact) mass is 400 g/mol. The zero-order valence-corrected chi connectivity index (χ0v) is 16.7. The van der Waals surface area contributed by atoms with Crippen molar-refractivity contribution in [3.8, 4) is 5.75 Å². The molecule has 28 heavy (non-hydrogen) atoms. The molecule has 0 saturated carbocycles. The standard InChI is InChI=1S/C21H21ClN2O4/c1-4-24(12-18(25)23-14-7-5-8-15(11-14)27-3)21(26)19-13(2)16-9-6-10-17(22)20(16)28-19/h5-11H,4,12H2,1-3H3,(H,23,25). The van der Waals surface area contributed by atoms with Gasteiger partial charge in [-0.05, 0) is 32.0 Å². The number of nitrogens with zero attached hydrogens (tertiary/aromatic N) is 1. The van der Waals surface area contributed by atoms with Crippen LogP contribution in [-0.4, -0.2) is 36.9 Å². The summed E-state index contributed by atoms with van der Waals surface area (Å²) < 4.78 is 10.9. The number of nitrogens with one attached hydrogen (secondary N) is 1. The third kappa shape index (κ3) is 3.97. The van der Waals surface area contributed by atoms with Gasteiger partial charge in [0.25, 0.3) is 5.91 Å². The number of benzene rings is 2. The summed E-state index contributed by atoms with van der Waals surface area (Å²) in [5, 5.41) is 4.00. The summed E-state index contributed by atoms with van der Waals surface area (Å²) in [5.74, 6) is 0.165. The maximum Gasteiger partial charge on any atom is 0.290 e. The van der Waals surface area contributed by atoms with Crippen LogP contribution in [0.3, 0.4) is 0 Å². The van der Waals surface area contributed by atoms with Gasteiger partial charge in [-0.3, -0.25) is 9.59 Å². The summed E-state index contributed by atoms with van der Waals surface area (Å²) in [6.45, 7) is 3.87. The molecule has 1 heterocycles. The van der Waals surface area contributed by atoms with E-state index >= 15 is 0 Å². The zero-order chi connectivity index (χ0) is 20.3. The predicted molar refractivity (Wildman–Crippen MR) is 109 cm³/mol. The highest BCUT2D eigenvalue weighted by molar-refractivity contribution is 6.35. The van der Waals surface area contributed by atoms with Crippen LogP contribution in [0.5, 0.6) is 5.75 Å². The van der Waals surface area contributed by atoms with E-state index in [0.29, 0.717) is 34.2 Å². The second kappa shape index (κ2) is 8.35. The van der Waals surface area contributed by atoms with E-state index in [9.17, 15) is 9.59 Å². The van der Waals surface area contributed by atoms with E-state index in [1.807, 2.05) is 13.0 Å². The van der Waals surface area contributed by atoms with Crippen LogP contribution in [0.1, 0.15) is 23.0 Å². The first-order valence-electron chi connectivity index (χ1n) is 8.85. The molecule has 3 rings (SSSR count). The number of methoxy groups -OCH3 is 1. The van der Waals surface area contributed by atoms with Gasteiger partial charge in [0.1, 0.15) is 12.3 Å². The van der Waals surface area contributed by atoms with Gasteiger partial charge in [-0.25, -0.2) is 0 Å². The van der Waals surface area contributed by atoms with Crippen molar-refractivity contribution >= 4 is 40.1 Å². The highest BCUT2D eigenvalue weighted by Gasteiger charge is 2.24. The molecule has 0 bridgehead atoms. The predicted octanol–water partition coefficient (Wildman–Crippen LogP) is 4.50. The third-order valence-corrected chi connectivity index (χ3v) is 4.76. The van der Waals surface area contributed by atoms with Gasteiger partial charge in [0.15, 0.2) is 11.3 Å². The third-order valence-electron chi connectivity index (χ3n) is 4.47. The molecule has 1 aromatic heterocycles. The van der Waals surface area contributed by atoms with E-state index in [1.165, 1.54) is 4.90 Å². The molecule has 0 atom stereocenters. The largest absolute Gasteiger partial charge is 0.497 e. The second-order valence-corrected chi connectivity index (χ2v) is 6.68. The van der Waals surface area contributed by atoms with Crippen molar-refractivity contribution in [1.82, 2.24) is 4.90 Å². The van der Waals surface area contributed by atoms with Crippen molar-refractivity contribution in [2.75, 3.05) is 25.5 Å². The minimum absolute atomic E-state index is 0.100. The number of halogens is 1. The number of rotatable bonds is 6. The summed E-state index contributed by atoms with van der Waals surface area (Å²) in [6, 6.07) is 12.4. The van der Waals surface area contributed by atoms with Crippen molar-refractivity contribution in [1.29, 1.82) is 0 Å². The van der Waals surface area contributed by atoms with Crippen molar-refractivity contribution in [2.24, 2.45) is 0 Å². The lowest BCUT2D eigenvalue weighted by molar-refractivity contribution is -0.116. The van der Waals surface area contributed by atoms with Gasteiger partial charge in [-0.2, -0.15) is 0 Å². The Morgan fingerprint density at radius 1 is 1.21 bits per heavy atom. The summed E-state index contributed by atoms with van der Waals surface area (Å²) in [6.07, 6.45) is 0. The lowest BCUT2D eigenvalue weighted by Gasteiger charge is -2.19. The number of likely N-dealkylation sites (N-methyl/N-ethyl adjacent to an activating group) is 1. The van der Waals surface area contributed by atoms with Gasteiger partial charge in [0.05, 0.1) is 12.1 Å². The Morgan fingerprint density at radius 2 is 1.96 bits per heavy atom. The smallest absolute Gasteiger partial charge is 0.290 e. The number of furan rings is 1. The summed E-state index contributed by atoms with van der Waals surface area (Å²) in [4.78, 5) is 26.8. The molecule has 2 aromatic carbocycles. The number of anilines is 1. The minimum atomic E-state index is -0.354. The van der Waals surface area contributed by atoms with Gasteiger partial charge >= 0.3 is 0 Å². The van der Waals surface area contributed by atoms with E-state index in [-0.39, 0.29) is 24.1 Å². The molecule has 3 aromatic rings. The van der Waals surface area contributed by atoms with Crippen LogP contribution in [0, 0.1) is 6.92 Å². The fourth-order valence-corrected chi connectivity index (χ4v) is 3.17. The van der Waals surface area contributed by atoms with Gasteiger partial charge in [0.2, 0.25) is 5.91 Å². The van der Waals surface area contributed by atoms with Gasteiger partial charge < -0.3 is 19.4 Å². The number of aryl methyl sites for hydroxylation is 1. The molecule has 6 nitrogen and oxygen atoms in total. The summed E-state index contributed by atoms with van der Waals surface area (Å²) >= 11 is 6.17. The maximum absolute atomic E-state index is 13.0. The maximum atomic E-state index is 13.0. The van der Waals surface area contributed by atoms with E-state index in [4.69, 9.17) is 20.8 Å². The van der Waals surface area contributed by atoms with Gasteiger partial charge in [0, 0.05) is 29.2 Å². The Balaban J connectivity index is 1.77. The Hall–Kier alpha value is -2.99. The van der Waals surface area contributed by atoms with Crippen molar-refractivity contribution < 1.29 is 18.7 Å². The van der Waals surface area contributed by atoms with Crippen molar-refractivity contribution in [2.45, 2.75) is 13.8 Å². The first-order chi connectivity index (χ1) is 13.4. The quantitative estimate of drug-likeness (QED) is 0.661. The average Bonchev–Trinajstić information content (AvgIpc) is 3.04. The molecule has 1 N–H and O–H groups in total. The average molecular weight is 401 g/mol. The van der Waals surface area contributed by atoms with E-state index in [1.54, 1.807) is 50.4 Å². The zero-order valence-electron chi connectivity index (χ0n) is 15.9. The first kappa shape index (κ1) is 19.8. The second-order valence-electron chi connectivity index (χ2n) is 6.27. The number of carbonyl (C=O) groups excluding carboxylic acids is 2. The molecule has 0 spiro atoms. The highest BCUT2D eigenvalue weighted by Crippen LogP contribution is 2.31. The van der Waals surface area contributed by atoms with Crippen LogP contribution in [0.2, 0.25) is 5.02 Å². The van der Waals surface area contributed by atoms with Crippen LogP contribution in [0.25, 0.3) is 11.0 Å². The van der Waals surface area contributed by atoms with Gasteiger partial charge in [-0.15, -0.1) is 0 Å². The molecule has 0 aliphatic heterocycles. The molecule has 0 radical (unpaired) electrons. The molecule has 0 unspecified atom stereocenters. The van der Waals surface area contributed by atoms with Crippen LogP contribution in [-0.2, 0) is 4.79 Å². The lowest BCUT2D eigenvalue weighted by atomic mass is 10.1. The normalized spacial score (nSPS) is 10.7. The molecule has 7 heteroatoms. The SMILES string of the molecule is CCN(CC(=O)Nc1cccc(OC)c1)C(=O)c1oc2c(Cl)cccc2c1C. The Labute approximate surface area is 168 Å². The van der Waals surface area contributed by atoms with Gasteiger partial charge in [-0.1, -0.05) is 29.8 Å². The Morgan fingerprint density at radius 3 is 2.64 bits per heavy atom. The number of carbonyl (C=O) groups is 2. The molecule has 0 fully saturated rings. The molecule has 0 aliphatic carbocycles. The van der Waals surface area contributed by atoms with E-state index in [0.717, 1.165) is 5.39 Å². The molecular weight excluding hydrogens is 380 g/mol. The minimum Gasteiger partial charge on any atom is -0.497 e. The van der Waals surface area contributed by atoms with Crippen LogP contribution < -0.4 is 10.1 Å². The number of ether oxygens (including phenoxy) is 1. The van der Waals surface area contributed by atoms with E-state index < -0.39 is 0 Å². The molecule has 146 valence electrons. The summed E-state index contributed by atoms with van der Waals surface area (Å²) in [7, 11) is 1.56. The molecule has 2 amide bonds. The molecule has 0 saturated heterocycles.